The Morgan fingerprint density at radius 2 is 2.00 bits per heavy atom. The molecule has 0 aliphatic carbocycles. The fourth-order valence-electron chi connectivity index (χ4n) is 2.00. The van der Waals surface area contributed by atoms with Crippen molar-refractivity contribution in [3.05, 3.63) is 58.4 Å². The molecule has 24 heavy (non-hydrogen) atoms. The summed E-state index contributed by atoms with van der Waals surface area (Å²) in [5.74, 6) is -3.58. The summed E-state index contributed by atoms with van der Waals surface area (Å²) in [7, 11) is 0. The zero-order valence-electron chi connectivity index (χ0n) is 12.3. The molecule has 1 aromatic carbocycles. The molecule has 0 radical (unpaired) electrons. The number of aromatic nitrogens is 1. The van der Waals surface area contributed by atoms with Crippen molar-refractivity contribution in [1.82, 2.24) is 10.5 Å². The Morgan fingerprint density at radius 1 is 1.25 bits per heavy atom. The second kappa shape index (κ2) is 7.77. The van der Waals surface area contributed by atoms with E-state index in [9.17, 15) is 23.8 Å². The number of hydroxylamine groups is 1. The zero-order valence-corrected chi connectivity index (χ0v) is 12.3. The van der Waals surface area contributed by atoms with Gasteiger partial charge in [-0.25, -0.2) is 19.2 Å². The Labute approximate surface area is 135 Å². The summed E-state index contributed by atoms with van der Waals surface area (Å²) in [5.41, 5.74) is 1.58. The van der Waals surface area contributed by atoms with Crippen molar-refractivity contribution in [3.63, 3.8) is 0 Å². The highest BCUT2D eigenvalue weighted by Crippen LogP contribution is 2.25. The fourth-order valence-corrected chi connectivity index (χ4v) is 2.00. The minimum Gasteiger partial charge on any atom is -0.505 e. The van der Waals surface area contributed by atoms with Crippen LogP contribution in [0.3, 0.4) is 0 Å². The second-order valence-electron chi connectivity index (χ2n) is 4.80. The van der Waals surface area contributed by atoms with E-state index < -0.39 is 35.6 Å². The molecule has 4 N–H and O–H groups in total. The van der Waals surface area contributed by atoms with Crippen LogP contribution in [0.2, 0.25) is 0 Å². The average molecular weight is 340 g/mol. The van der Waals surface area contributed by atoms with Gasteiger partial charge in [0.15, 0.2) is 23.1 Å². The summed E-state index contributed by atoms with van der Waals surface area (Å²) in [4.78, 5) is 15.0. The van der Waals surface area contributed by atoms with E-state index in [0.717, 1.165) is 12.1 Å². The number of aliphatic hydroxyl groups is 1. The Balaban J connectivity index is 2.10. The highest BCUT2D eigenvalue weighted by Gasteiger charge is 2.18. The molecular formula is C15H14F2N2O5. The molecule has 0 aliphatic rings. The van der Waals surface area contributed by atoms with Crippen LogP contribution in [0.4, 0.5) is 8.78 Å². The molecule has 0 saturated heterocycles. The number of hydrogen-bond acceptors (Lipinski definition) is 6. The maximum absolute atomic E-state index is 13.1. The monoisotopic (exact) mass is 340 g/mol. The van der Waals surface area contributed by atoms with E-state index in [-0.39, 0.29) is 18.8 Å². The van der Waals surface area contributed by atoms with Gasteiger partial charge in [0.1, 0.15) is 0 Å². The Morgan fingerprint density at radius 3 is 2.62 bits per heavy atom. The van der Waals surface area contributed by atoms with Gasteiger partial charge in [-0.2, -0.15) is 0 Å². The largest absolute Gasteiger partial charge is 0.505 e. The predicted octanol–water partition coefficient (Wildman–Crippen LogP) is 1.39. The minimum absolute atomic E-state index is 0.00823. The molecule has 1 aromatic heterocycles. The Hall–Kier alpha value is -2.62. The standard InChI is InChI=1S/C15H14F2N2O5/c16-11-2-1-8(3-12(11)17)6-24-7-9-4-18-13(15(22)19-23)14(21)10(9)5-20/h1-4,20-21,23H,5-7H2,(H,19,22). The first-order valence-electron chi connectivity index (χ1n) is 6.74. The molecule has 0 fully saturated rings. The molecule has 0 saturated carbocycles. The maximum Gasteiger partial charge on any atom is 0.297 e. The smallest absolute Gasteiger partial charge is 0.297 e. The number of benzene rings is 1. The number of nitrogens with zero attached hydrogens (tertiary/aromatic N) is 1. The van der Waals surface area contributed by atoms with Crippen LogP contribution in [0, 0.1) is 11.6 Å². The highest BCUT2D eigenvalue weighted by atomic mass is 19.2. The number of aromatic hydroxyl groups is 1. The van der Waals surface area contributed by atoms with Crippen molar-refractivity contribution >= 4 is 5.91 Å². The Kier molecular flexibility index (Phi) is 5.74. The lowest BCUT2D eigenvalue weighted by atomic mass is 10.1. The number of halogens is 2. The quantitative estimate of drug-likeness (QED) is 0.467. The maximum atomic E-state index is 13.1. The molecule has 7 nitrogen and oxygen atoms in total. The minimum atomic E-state index is -1.03. The second-order valence-corrected chi connectivity index (χ2v) is 4.80. The van der Waals surface area contributed by atoms with Gasteiger partial charge in [-0.3, -0.25) is 10.0 Å². The number of aliphatic hydroxyl groups excluding tert-OH is 1. The van der Waals surface area contributed by atoms with Gasteiger partial charge in [0.2, 0.25) is 0 Å². The molecule has 1 amide bonds. The van der Waals surface area contributed by atoms with Gasteiger partial charge in [0.25, 0.3) is 5.91 Å². The molecule has 9 heteroatoms. The lowest BCUT2D eigenvalue weighted by Gasteiger charge is -2.12. The van der Waals surface area contributed by atoms with Crippen LogP contribution >= 0.6 is 0 Å². The van der Waals surface area contributed by atoms with E-state index in [0.29, 0.717) is 11.1 Å². The van der Waals surface area contributed by atoms with Crippen LogP contribution in [0.15, 0.2) is 24.4 Å². The first-order chi connectivity index (χ1) is 11.5. The molecule has 2 rings (SSSR count). The third-order valence-corrected chi connectivity index (χ3v) is 3.23. The van der Waals surface area contributed by atoms with Crippen LogP contribution in [0.1, 0.15) is 27.2 Å². The number of pyridine rings is 1. The van der Waals surface area contributed by atoms with Gasteiger partial charge < -0.3 is 14.9 Å². The number of ether oxygens (including phenoxy) is 1. The normalized spacial score (nSPS) is 10.7. The van der Waals surface area contributed by atoms with Crippen molar-refractivity contribution in [2.75, 3.05) is 0 Å². The lowest BCUT2D eigenvalue weighted by Crippen LogP contribution is -2.21. The number of amides is 1. The molecule has 0 bridgehead atoms. The summed E-state index contributed by atoms with van der Waals surface area (Å²) in [6.45, 7) is -0.734. The zero-order chi connectivity index (χ0) is 17.7. The van der Waals surface area contributed by atoms with E-state index >= 15 is 0 Å². The molecule has 0 unspecified atom stereocenters. The van der Waals surface area contributed by atoms with Crippen LogP contribution < -0.4 is 5.48 Å². The van der Waals surface area contributed by atoms with Crippen LogP contribution in [-0.4, -0.2) is 26.3 Å². The van der Waals surface area contributed by atoms with E-state index in [4.69, 9.17) is 9.94 Å². The molecular weight excluding hydrogens is 326 g/mol. The van der Waals surface area contributed by atoms with Crippen molar-refractivity contribution < 1.29 is 33.7 Å². The van der Waals surface area contributed by atoms with Gasteiger partial charge in [-0.15, -0.1) is 0 Å². The van der Waals surface area contributed by atoms with E-state index in [1.165, 1.54) is 17.7 Å². The third kappa shape index (κ3) is 3.82. The van der Waals surface area contributed by atoms with E-state index in [2.05, 4.69) is 4.98 Å². The van der Waals surface area contributed by atoms with E-state index in [1.54, 1.807) is 0 Å². The molecule has 0 aliphatic heterocycles. The van der Waals surface area contributed by atoms with E-state index in [1.807, 2.05) is 0 Å². The van der Waals surface area contributed by atoms with Crippen LogP contribution in [-0.2, 0) is 24.6 Å². The van der Waals surface area contributed by atoms with Gasteiger partial charge in [-0.1, -0.05) is 6.07 Å². The average Bonchev–Trinajstić information content (AvgIpc) is 2.57. The summed E-state index contributed by atoms with van der Waals surface area (Å²) >= 11 is 0. The first kappa shape index (κ1) is 17.7. The Bertz CT molecular complexity index is 755. The summed E-state index contributed by atoms with van der Waals surface area (Å²) in [6.07, 6.45) is 1.20. The van der Waals surface area contributed by atoms with Crippen LogP contribution in [0.25, 0.3) is 0 Å². The number of carbonyl (C=O) groups is 1. The summed E-state index contributed by atoms with van der Waals surface area (Å²) < 4.78 is 31.2. The topological polar surface area (TPSA) is 112 Å². The van der Waals surface area contributed by atoms with Crippen molar-refractivity contribution in [2.45, 2.75) is 19.8 Å². The van der Waals surface area contributed by atoms with Gasteiger partial charge in [0.05, 0.1) is 19.8 Å². The number of rotatable bonds is 6. The lowest BCUT2D eigenvalue weighted by molar-refractivity contribution is 0.0696. The molecule has 0 atom stereocenters. The molecule has 1 heterocycles. The van der Waals surface area contributed by atoms with Gasteiger partial charge in [-0.05, 0) is 17.7 Å². The fraction of sp³-hybridized carbons (Fsp3) is 0.200. The molecule has 0 spiro atoms. The van der Waals surface area contributed by atoms with Crippen molar-refractivity contribution in [1.29, 1.82) is 0 Å². The number of nitrogens with one attached hydrogen (secondary N) is 1. The molecule has 2 aromatic rings. The third-order valence-electron chi connectivity index (χ3n) is 3.23. The summed E-state index contributed by atoms with van der Waals surface area (Å²) in [6, 6.07) is 3.32. The van der Waals surface area contributed by atoms with Crippen molar-refractivity contribution in [3.8, 4) is 5.75 Å². The van der Waals surface area contributed by atoms with Crippen molar-refractivity contribution in [2.24, 2.45) is 0 Å². The SMILES string of the molecule is O=C(NO)c1ncc(COCc2ccc(F)c(F)c2)c(CO)c1O. The van der Waals surface area contributed by atoms with Gasteiger partial charge in [0, 0.05) is 17.3 Å². The number of carbonyl (C=O) groups excluding carboxylic acids is 1. The molecule has 128 valence electrons. The van der Waals surface area contributed by atoms with Gasteiger partial charge >= 0.3 is 0 Å². The first-order valence-corrected chi connectivity index (χ1v) is 6.74. The van der Waals surface area contributed by atoms with Crippen LogP contribution in [0.5, 0.6) is 5.75 Å². The highest BCUT2D eigenvalue weighted by molar-refractivity contribution is 5.94. The number of hydrogen-bond donors (Lipinski definition) is 4. The summed E-state index contributed by atoms with van der Waals surface area (Å²) in [5, 5.41) is 27.8. The predicted molar refractivity (Wildman–Crippen MR) is 75.9 cm³/mol.